The normalized spacial score (nSPS) is 33.9. The average molecular weight is 251 g/mol. The molecule has 100 valence electrons. The Morgan fingerprint density at radius 2 is 2.11 bits per heavy atom. The standard InChI is InChI=1S/C14H21NO3/c1-10-6-3-2-4-9-13(16)15-11-7-5-8-12(11)18-14(10)17/h2-3,10-12H,4-9H2,1H3,(H,15,16)/t10-,11+,12?/m1/s1. The molecule has 1 saturated carbocycles. The second kappa shape index (κ2) is 6.03. The number of amides is 1. The van der Waals surface area contributed by atoms with E-state index < -0.39 is 0 Å². The van der Waals surface area contributed by atoms with Crippen LogP contribution in [0.3, 0.4) is 0 Å². The molecule has 4 nitrogen and oxygen atoms in total. The fourth-order valence-corrected chi connectivity index (χ4v) is 2.51. The molecule has 1 aliphatic carbocycles. The van der Waals surface area contributed by atoms with Gasteiger partial charge >= 0.3 is 5.97 Å². The van der Waals surface area contributed by atoms with Gasteiger partial charge in [-0.05, 0) is 32.1 Å². The first-order chi connectivity index (χ1) is 8.66. The fourth-order valence-electron chi connectivity index (χ4n) is 2.51. The van der Waals surface area contributed by atoms with E-state index in [4.69, 9.17) is 4.74 Å². The minimum absolute atomic E-state index is 0.0112. The molecule has 2 aliphatic rings. The third kappa shape index (κ3) is 3.34. The Morgan fingerprint density at radius 3 is 2.94 bits per heavy atom. The Morgan fingerprint density at radius 1 is 1.28 bits per heavy atom. The van der Waals surface area contributed by atoms with Crippen LogP contribution in [0.5, 0.6) is 0 Å². The van der Waals surface area contributed by atoms with Gasteiger partial charge < -0.3 is 10.1 Å². The van der Waals surface area contributed by atoms with E-state index in [1.54, 1.807) is 0 Å². The fraction of sp³-hybridized carbons (Fsp3) is 0.714. The van der Waals surface area contributed by atoms with Crippen molar-refractivity contribution < 1.29 is 14.3 Å². The van der Waals surface area contributed by atoms with Gasteiger partial charge in [0.05, 0.1) is 12.0 Å². The molecule has 0 aromatic heterocycles. The predicted octanol–water partition coefficient (Wildman–Crippen LogP) is 1.94. The lowest BCUT2D eigenvalue weighted by molar-refractivity contribution is -0.154. The summed E-state index contributed by atoms with van der Waals surface area (Å²) in [5, 5.41) is 2.98. The summed E-state index contributed by atoms with van der Waals surface area (Å²) in [4.78, 5) is 23.6. The molecular weight excluding hydrogens is 230 g/mol. The molecule has 18 heavy (non-hydrogen) atoms. The second-order valence-electron chi connectivity index (χ2n) is 5.23. The Hall–Kier alpha value is -1.32. The Labute approximate surface area is 108 Å². The summed E-state index contributed by atoms with van der Waals surface area (Å²) in [6.45, 7) is 1.89. The van der Waals surface area contributed by atoms with Crippen molar-refractivity contribution in [1.82, 2.24) is 5.32 Å². The van der Waals surface area contributed by atoms with Crippen molar-refractivity contribution in [2.45, 2.75) is 57.6 Å². The predicted molar refractivity (Wildman–Crippen MR) is 67.8 cm³/mol. The van der Waals surface area contributed by atoms with Crippen LogP contribution in [0.2, 0.25) is 0 Å². The molecule has 0 bridgehead atoms. The maximum Gasteiger partial charge on any atom is 0.309 e. The van der Waals surface area contributed by atoms with Crippen LogP contribution < -0.4 is 5.32 Å². The van der Waals surface area contributed by atoms with E-state index in [1.807, 2.05) is 19.1 Å². The zero-order chi connectivity index (χ0) is 13.0. The van der Waals surface area contributed by atoms with Crippen molar-refractivity contribution in [2.75, 3.05) is 0 Å². The van der Waals surface area contributed by atoms with Crippen LogP contribution in [0, 0.1) is 5.92 Å². The van der Waals surface area contributed by atoms with Gasteiger partial charge in [-0.2, -0.15) is 0 Å². The van der Waals surface area contributed by atoms with E-state index in [0.717, 1.165) is 25.7 Å². The van der Waals surface area contributed by atoms with Crippen LogP contribution in [0.4, 0.5) is 0 Å². The van der Waals surface area contributed by atoms with Crippen LogP contribution >= 0.6 is 0 Å². The zero-order valence-electron chi connectivity index (χ0n) is 10.9. The third-order valence-corrected chi connectivity index (χ3v) is 3.66. The summed E-state index contributed by atoms with van der Waals surface area (Å²) in [5.41, 5.74) is 0. The molecule has 0 spiro atoms. The van der Waals surface area contributed by atoms with Crippen LogP contribution in [0.15, 0.2) is 12.2 Å². The first kappa shape index (κ1) is 13.1. The van der Waals surface area contributed by atoms with Gasteiger partial charge in [-0.15, -0.1) is 0 Å². The zero-order valence-corrected chi connectivity index (χ0v) is 10.9. The minimum atomic E-state index is -0.147. The van der Waals surface area contributed by atoms with Crippen molar-refractivity contribution in [1.29, 1.82) is 0 Å². The minimum Gasteiger partial charge on any atom is -0.460 e. The highest BCUT2D eigenvalue weighted by Gasteiger charge is 2.32. The Bertz CT molecular complexity index is 351. The highest BCUT2D eigenvalue weighted by atomic mass is 16.5. The number of hydrogen-bond acceptors (Lipinski definition) is 3. The van der Waals surface area contributed by atoms with E-state index in [2.05, 4.69) is 5.32 Å². The number of ether oxygens (including phenoxy) is 1. The number of rotatable bonds is 0. The molecule has 0 aromatic rings. The first-order valence-corrected chi connectivity index (χ1v) is 6.81. The summed E-state index contributed by atoms with van der Waals surface area (Å²) < 4.78 is 5.52. The van der Waals surface area contributed by atoms with Crippen molar-refractivity contribution >= 4 is 11.9 Å². The summed E-state index contributed by atoms with van der Waals surface area (Å²) in [6, 6.07) is 0.0112. The van der Waals surface area contributed by atoms with E-state index in [9.17, 15) is 9.59 Å². The lowest BCUT2D eigenvalue weighted by Crippen LogP contribution is -2.42. The van der Waals surface area contributed by atoms with E-state index in [-0.39, 0.29) is 29.9 Å². The first-order valence-electron chi connectivity index (χ1n) is 6.81. The van der Waals surface area contributed by atoms with Gasteiger partial charge in [0.15, 0.2) is 0 Å². The molecule has 1 aliphatic heterocycles. The molecule has 2 rings (SSSR count). The molecule has 1 fully saturated rings. The third-order valence-electron chi connectivity index (χ3n) is 3.66. The summed E-state index contributed by atoms with van der Waals surface area (Å²) >= 11 is 0. The summed E-state index contributed by atoms with van der Waals surface area (Å²) in [6.07, 6.45) is 8.53. The monoisotopic (exact) mass is 251 g/mol. The highest BCUT2D eigenvalue weighted by Crippen LogP contribution is 2.24. The van der Waals surface area contributed by atoms with Crippen LogP contribution in [0.1, 0.15) is 45.4 Å². The van der Waals surface area contributed by atoms with Crippen LogP contribution in [-0.2, 0) is 14.3 Å². The quantitative estimate of drug-likeness (QED) is 0.529. The van der Waals surface area contributed by atoms with Crippen LogP contribution in [-0.4, -0.2) is 24.0 Å². The average Bonchev–Trinajstić information content (AvgIpc) is 2.74. The molecular formula is C14H21NO3. The SMILES string of the molecule is C[C@@H]1CC=CCCC(=O)N[C@H]2CCCC2OC1=O. The Balaban J connectivity index is 2.06. The second-order valence-corrected chi connectivity index (χ2v) is 5.23. The van der Waals surface area contributed by atoms with E-state index in [1.165, 1.54) is 0 Å². The van der Waals surface area contributed by atoms with Crippen molar-refractivity contribution in [3.05, 3.63) is 12.2 Å². The van der Waals surface area contributed by atoms with Gasteiger partial charge in [-0.1, -0.05) is 19.1 Å². The number of hydrogen-bond donors (Lipinski definition) is 1. The van der Waals surface area contributed by atoms with Crippen LogP contribution in [0.25, 0.3) is 0 Å². The van der Waals surface area contributed by atoms with Gasteiger partial charge in [0.1, 0.15) is 6.10 Å². The molecule has 1 N–H and O–H groups in total. The van der Waals surface area contributed by atoms with Gasteiger partial charge in [0.25, 0.3) is 0 Å². The lowest BCUT2D eigenvalue weighted by atomic mass is 10.1. The van der Waals surface area contributed by atoms with Gasteiger partial charge in [-0.25, -0.2) is 0 Å². The summed E-state index contributed by atoms with van der Waals surface area (Å²) in [7, 11) is 0. The number of carbonyl (C=O) groups excluding carboxylic acids is 2. The highest BCUT2D eigenvalue weighted by molar-refractivity contribution is 5.77. The summed E-state index contributed by atoms with van der Waals surface area (Å²) in [5.74, 6) is -0.190. The van der Waals surface area contributed by atoms with Gasteiger partial charge in [0, 0.05) is 6.42 Å². The topological polar surface area (TPSA) is 55.4 Å². The maximum atomic E-state index is 11.9. The molecule has 0 aromatic carbocycles. The van der Waals surface area contributed by atoms with Gasteiger partial charge in [0.2, 0.25) is 5.91 Å². The molecule has 3 atom stereocenters. The van der Waals surface area contributed by atoms with Crippen molar-refractivity contribution in [3.8, 4) is 0 Å². The number of fused-ring (bicyclic) bond motifs is 1. The Kier molecular flexibility index (Phi) is 4.39. The van der Waals surface area contributed by atoms with Gasteiger partial charge in [-0.3, -0.25) is 9.59 Å². The molecule has 1 amide bonds. The van der Waals surface area contributed by atoms with E-state index >= 15 is 0 Å². The lowest BCUT2D eigenvalue weighted by Gasteiger charge is -2.23. The van der Waals surface area contributed by atoms with Crippen molar-refractivity contribution in [2.24, 2.45) is 5.92 Å². The largest absolute Gasteiger partial charge is 0.460 e. The molecule has 1 heterocycles. The molecule has 1 unspecified atom stereocenters. The molecule has 0 saturated heterocycles. The molecule has 0 radical (unpaired) electrons. The van der Waals surface area contributed by atoms with Crippen molar-refractivity contribution in [3.63, 3.8) is 0 Å². The van der Waals surface area contributed by atoms with E-state index in [0.29, 0.717) is 12.8 Å². The smallest absolute Gasteiger partial charge is 0.309 e. The number of nitrogens with one attached hydrogen (secondary N) is 1. The number of allylic oxidation sites excluding steroid dienone is 2. The maximum absolute atomic E-state index is 11.9. The number of esters is 1. The molecule has 4 heteroatoms. The number of carbonyl (C=O) groups is 2.